The van der Waals surface area contributed by atoms with Gasteiger partial charge in [-0.25, -0.2) is 4.79 Å². The van der Waals surface area contributed by atoms with E-state index in [1.54, 1.807) is 0 Å². The van der Waals surface area contributed by atoms with Gasteiger partial charge >= 0.3 is 12.3 Å². The molecule has 1 N–H and O–H groups in total. The van der Waals surface area contributed by atoms with Crippen LogP contribution in [0.4, 0.5) is 13.2 Å². The summed E-state index contributed by atoms with van der Waals surface area (Å²) in [6.45, 7) is 1.65. The molecule has 148 valence electrons. The molecule has 0 saturated heterocycles. The monoisotopic (exact) mass is 396 g/mol. The summed E-state index contributed by atoms with van der Waals surface area (Å²) < 4.78 is 42.9. The zero-order valence-corrected chi connectivity index (χ0v) is 14.6. The van der Waals surface area contributed by atoms with E-state index in [4.69, 9.17) is 0 Å². The first-order valence-electron chi connectivity index (χ1n) is 8.20. The van der Waals surface area contributed by atoms with Crippen LogP contribution in [0.1, 0.15) is 28.4 Å². The zero-order valence-electron chi connectivity index (χ0n) is 14.6. The largest absolute Gasteiger partial charge is 0.573 e. The molecule has 0 spiro atoms. The minimum absolute atomic E-state index is 0.0491. The highest BCUT2D eigenvalue weighted by Crippen LogP contribution is 2.29. The van der Waals surface area contributed by atoms with Crippen molar-refractivity contribution in [3.63, 3.8) is 0 Å². The van der Waals surface area contributed by atoms with Gasteiger partial charge in [0.05, 0.1) is 5.69 Å². The zero-order chi connectivity index (χ0) is 20.6. The lowest BCUT2D eigenvalue weighted by molar-refractivity contribution is -0.274. The number of aromatic nitrogens is 1. The molecule has 0 bridgehead atoms. The van der Waals surface area contributed by atoms with E-state index in [9.17, 15) is 32.7 Å². The van der Waals surface area contributed by atoms with Crippen LogP contribution in [0.15, 0.2) is 35.3 Å². The van der Waals surface area contributed by atoms with Crippen LogP contribution in [0.25, 0.3) is 5.69 Å². The van der Waals surface area contributed by atoms with Gasteiger partial charge in [0.2, 0.25) is 5.91 Å². The number of carboxylic acid groups (broad SMARTS) is 1. The normalized spacial score (nSPS) is 13.8. The predicted octanol–water partition coefficient (Wildman–Crippen LogP) is 2.34. The Labute approximate surface area is 156 Å². The van der Waals surface area contributed by atoms with Crippen molar-refractivity contribution in [1.29, 1.82) is 0 Å². The molecule has 0 unspecified atom stereocenters. The molecule has 0 saturated carbocycles. The molecule has 0 aliphatic carbocycles. The van der Waals surface area contributed by atoms with Gasteiger partial charge in [0.15, 0.2) is 5.75 Å². The number of amides is 1. The van der Waals surface area contributed by atoms with E-state index in [1.807, 2.05) is 0 Å². The van der Waals surface area contributed by atoms with Crippen molar-refractivity contribution in [2.45, 2.75) is 26.3 Å². The van der Waals surface area contributed by atoms with Gasteiger partial charge in [-0.1, -0.05) is 12.1 Å². The SMILES string of the molecule is CC(=O)N1CCc2c(cn(-c3ccccc3OC(F)(F)F)c(=O)c2C(=O)O)C1. The molecule has 0 radical (unpaired) electrons. The van der Waals surface area contributed by atoms with Crippen molar-refractivity contribution in [3.8, 4) is 11.4 Å². The first-order chi connectivity index (χ1) is 13.1. The second-order valence-electron chi connectivity index (χ2n) is 6.19. The second kappa shape index (κ2) is 7.02. The number of hydrogen-bond acceptors (Lipinski definition) is 4. The molecule has 7 nitrogen and oxygen atoms in total. The predicted molar refractivity (Wildman–Crippen MR) is 90.5 cm³/mol. The van der Waals surface area contributed by atoms with Gasteiger partial charge < -0.3 is 14.7 Å². The highest BCUT2D eigenvalue weighted by Gasteiger charge is 2.33. The van der Waals surface area contributed by atoms with Crippen molar-refractivity contribution in [2.75, 3.05) is 6.54 Å². The van der Waals surface area contributed by atoms with Crippen LogP contribution in [0.3, 0.4) is 0 Å². The maximum Gasteiger partial charge on any atom is 0.573 e. The molecule has 1 aliphatic rings. The average Bonchev–Trinajstić information content (AvgIpc) is 2.59. The van der Waals surface area contributed by atoms with Crippen LogP contribution in [0, 0.1) is 0 Å². The quantitative estimate of drug-likeness (QED) is 0.860. The Balaban J connectivity index is 2.23. The van der Waals surface area contributed by atoms with Gasteiger partial charge in [-0.15, -0.1) is 13.2 Å². The minimum atomic E-state index is -4.99. The number of para-hydroxylation sites is 2. The molecule has 2 heterocycles. The number of carbonyl (C=O) groups excluding carboxylic acids is 1. The number of benzene rings is 1. The van der Waals surface area contributed by atoms with Crippen molar-refractivity contribution in [2.24, 2.45) is 0 Å². The third kappa shape index (κ3) is 3.71. The number of rotatable bonds is 3. The Hall–Kier alpha value is -3.30. The summed E-state index contributed by atoms with van der Waals surface area (Å²) in [5, 5.41) is 9.52. The van der Waals surface area contributed by atoms with Crippen LogP contribution < -0.4 is 10.3 Å². The summed E-state index contributed by atoms with van der Waals surface area (Å²) >= 11 is 0. The second-order valence-corrected chi connectivity index (χ2v) is 6.19. The van der Waals surface area contributed by atoms with Crippen LogP contribution in [-0.4, -0.2) is 39.4 Å². The highest BCUT2D eigenvalue weighted by molar-refractivity contribution is 5.89. The van der Waals surface area contributed by atoms with E-state index in [1.165, 1.54) is 36.2 Å². The average molecular weight is 396 g/mol. The molecule has 0 fully saturated rings. The number of carbonyl (C=O) groups is 2. The summed E-state index contributed by atoms with van der Waals surface area (Å²) in [7, 11) is 0. The summed E-state index contributed by atoms with van der Waals surface area (Å²) in [5.74, 6) is -2.37. The first-order valence-corrected chi connectivity index (χ1v) is 8.20. The van der Waals surface area contributed by atoms with Crippen LogP contribution in [-0.2, 0) is 17.8 Å². The Kier molecular flexibility index (Phi) is 4.88. The summed E-state index contributed by atoms with van der Waals surface area (Å²) in [6, 6.07) is 4.93. The third-order valence-electron chi connectivity index (χ3n) is 4.41. The van der Waals surface area contributed by atoms with Gasteiger partial charge in [-0.05, 0) is 29.7 Å². The van der Waals surface area contributed by atoms with E-state index >= 15 is 0 Å². The number of ether oxygens (including phenoxy) is 1. The van der Waals surface area contributed by atoms with Crippen LogP contribution in [0.5, 0.6) is 5.75 Å². The van der Waals surface area contributed by atoms with E-state index in [0.717, 1.165) is 10.6 Å². The number of alkyl halides is 3. The fraction of sp³-hybridized carbons (Fsp3) is 0.278. The molecule has 1 aromatic heterocycles. The van der Waals surface area contributed by atoms with Gasteiger partial charge in [0.25, 0.3) is 5.56 Å². The number of aromatic carboxylic acids is 1. The molecular weight excluding hydrogens is 381 g/mol. The van der Waals surface area contributed by atoms with Crippen LogP contribution in [0.2, 0.25) is 0 Å². The highest BCUT2D eigenvalue weighted by atomic mass is 19.4. The minimum Gasteiger partial charge on any atom is -0.477 e. The number of nitrogens with zero attached hydrogens (tertiary/aromatic N) is 2. The summed E-state index contributed by atoms with van der Waals surface area (Å²) in [4.78, 5) is 37.6. The topological polar surface area (TPSA) is 88.8 Å². The fourth-order valence-corrected chi connectivity index (χ4v) is 3.19. The van der Waals surface area contributed by atoms with E-state index in [0.29, 0.717) is 5.56 Å². The Bertz CT molecular complexity index is 1010. The van der Waals surface area contributed by atoms with Gasteiger partial charge in [0, 0.05) is 26.2 Å². The molecule has 28 heavy (non-hydrogen) atoms. The number of halogens is 3. The standard InChI is InChI=1S/C18H15F3N2O5/c1-10(24)22-7-6-12-11(8-22)9-23(16(25)15(12)17(26)27)13-4-2-3-5-14(13)28-18(19,20)21/h2-5,9H,6-8H2,1H3,(H,26,27). The first kappa shape index (κ1) is 19.5. The fourth-order valence-electron chi connectivity index (χ4n) is 3.19. The van der Waals surface area contributed by atoms with Gasteiger partial charge in [-0.3, -0.25) is 14.2 Å². The number of carboxylic acids is 1. The maximum absolute atomic E-state index is 12.8. The van der Waals surface area contributed by atoms with Crippen molar-refractivity contribution >= 4 is 11.9 Å². The number of hydrogen-bond donors (Lipinski definition) is 1. The smallest absolute Gasteiger partial charge is 0.477 e. The van der Waals surface area contributed by atoms with E-state index in [-0.39, 0.29) is 36.7 Å². The summed E-state index contributed by atoms with van der Waals surface area (Å²) in [5.41, 5.74) is -1.10. The molecular formula is C18H15F3N2O5. The van der Waals surface area contributed by atoms with Gasteiger partial charge in [0.1, 0.15) is 5.56 Å². The molecule has 1 aliphatic heterocycles. The van der Waals surface area contributed by atoms with Crippen molar-refractivity contribution < 1.29 is 32.6 Å². The maximum atomic E-state index is 12.8. The Morgan fingerprint density at radius 2 is 1.89 bits per heavy atom. The summed E-state index contributed by atoms with van der Waals surface area (Å²) in [6.07, 6.45) is -3.57. The molecule has 1 amide bonds. The molecule has 10 heteroatoms. The molecule has 1 aromatic carbocycles. The number of pyridine rings is 1. The molecule has 2 aromatic rings. The Morgan fingerprint density at radius 3 is 2.50 bits per heavy atom. The lowest BCUT2D eigenvalue weighted by Gasteiger charge is -2.29. The molecule has 3 rings (SSSR count). The lowest BCUT2D eigenvalue weighted by atomic mass is 9.96. The molecule has 0 atom stereocenters. The van der Waals surface area contributed by atoms with Crippen molar-refractivity contribution in [1.82, 2.24) is 9.47 Å². The van der Waals surface area contributed by atoms with E-state index < -0.39 is 29.2 Å². The van der Waals surface area contributed by atoms with Gasteiger partial charge in [-0.2, -0.15) is 0 Å². The third-order valence-corrected chi connectivity index (χ3v) is 4.41. The lowest BCUT2D eigenvalue weighted by Crippen LogP contribution is -2.38. The van der Waals surface area contributed by atoms with Crippen molar-refractivity contribution in [3.05, 3.63) is 57.5 Å². The number of fused-ring (bicyclic) bond motifs is 1. The Morgan fingerprint density at radius 1 is 1.21 bits per heavy atom. The van der Waals surface area contributed by atoms with E-state index in [2.05, 4.69) is 4.74 Å². The van der Waals surface area contributed by atoms with Crippen LogP contribution >= 0.6 is 0 Å².